The van der Waals surface area contributed by atoms with Crippen molar-refractivity contribution in [2.75, 3.05) is 7.11 Å². The summed E-state index contributed by atoms with van der Waals surface area (Å²) in [6, 6.07) is 13.9. The van der Waals surface area contributed by atoms with Gasteiger partial charge in [-0.15, -0.1) is 0 Å². The van der Waals surface area contributed by atoms with Crippen molar-refractivity contribution in [1.29, 1.82) is 0 Å². The van der Waals surface area contributed by atoms with Crippen LogP contribution in [0.5, 0.6) is 11.5 Å². The summed E-state index contributed by atoms with van der Waals surface area (Å²) in [5, 5.41) is 4.65. The molecule has 0 bridgehead atoms. The average Bonchev–Trinajstić information content (AvgIpc) is 3.09. The third-order valence-corrected chi connectivity index (χ3v) is 3.77. The number of methoxy groups -OCH3 is 1. The minimum atomic E-state index is -0.603. The molecule has 3 aromatic rings. The molecule has 0 atom stereocenters. The van der Waals surface area contributed by atoms with Crippen LogP contribution >= 0.6 is 11.6 Å². The fourth-order valence-electron chi connectivity index (χ4n) is 2.30. The molecule has 2 N–H and O–H groups in total. The van der Waals surface area contributed by atoms with Crippen molar-refractivity contribution in [3.63, 3.8) is 0 Å². The summed E-state index contributed by atoms with van der Waals surface area (Å²) in [4.78, 5) is 11.6. The minimum Gasteiger partial charge on any atom is -0.493 e. The number of carbonyl (C=O) groups excluding carboxylic acids is 1. The van der Waals surface area contributed by atoms with Gasteiger partial charge < -0.3 is 19.7 Å². The van der Waals surface area contributed by atoms with E-state index in [-0.39, 0.29) is 17.9 Å². The number of nitrogens with two attached hydrogens (primary N) is 1. The zero-order valence-electron chi connectivity index (χ0n) is 13.4. The maximum atomic E-state index is 11.6. The third-order valence-electron chi connectivity index (χ3n) is 3.52. The van der Waals surface area contributed by atoms with Crippen molar-refractivity contribution in [2.24, 2.45) is 5.73 Å². The standard InChI is InChI=1S/C18H15ClN2O4/c1-23-16-4-2-3-14(18(20)22)17(16)24-10-13-9-15(21-25-13)11-5-7-12(19)8-6-11/h2-9H,10H2,1H3,(H2,20,22). The molecule has 6 nitrogen and oxygen atoms in total. The van der Waals surface area contributed by atoms with Crippen LogP contribution in [0.1, 0.15) is 16.1 Å². The van der Waals surface area contributed by atoms with Crippen molar-refractivity contribution in [2.45, 2.75) is 6.61 Å². The molecule has 7 heteroatoms. The summed E-state index contributed by atoms with van der Waals surface area (Å²) in [5.74, 6) is 0.565. The Kier molecular flexibility index (Phi) is 4.90. The average molecular weight is 359 g/mol. The van der Waals surface area contributed by atoms with Crippen LogP contribution in [-0.2, 0) is 6.61 Å². The van der Waals surface area contributed by atoms with Gasteiger partial charge in [-0.05, 0) is 24.3 Å². The number of primary amides is 1. The van der Waals surface area contributed by atoms with E-state index in [0.717, 1.165) is 5.56 Å². The Morgan fingerprint density at radius 2 is 2.00 bits per heavy atom. The van der Waals surface area contributed by atoms with Crippen LogP contribution in [0.2, 0.25) is 5.02 Å². The Labute approximate surface area is 149 Å². The second-order valence-electron chi connectivity index (χ2n) is 5.18. The van der Waals surface area contributed by atoms with Gasteiger partial charge in [0.25, 0.3) is 5.91 Å². The molecule has 0 saturated heterocycles. The van der Waals surface area contributed by atoms with Crippen LogP contribution in [0.15, 0.2) is 53.1 Å². The van der Waals surface area contributed by atoms with Gasteiger partial charge in [-0.2, -0.15) is 0 Å². The van der Waals surface area contributed by atoms with Crippen molar-refractivity contribution in [1.82, 2.24) is 5.16 Å². The first-order valence-corrected chi connectivity index (χ1v) is 7.77. The predicted molar refractivity (Wildman–Crippen MR) is 92.8 cm³/mol. The summed E-state index contributed by atoms with van der Waals surface area (Å²) >= 11 is 5.88. The van der Waals surface area contributed by atoms with Crippen LogP contribution < -0.4 is 15.2 Å². The molecule has 1 heterocycles. The molecule has 0 fully saturated rings. The van der Waals surface area contributed by atoms with Crippen LogP contribution in [0, 0.1) is 0 Å². The third kappa shape index (κ3) is 3.75. The molecule has 0 aliphatic heterocycles. The smallest absolute Gasteiger partial charge is 0.252 e. The summed E-state index contributed by atoms with van der Waals surface area (Å²) in [6.45, 7) is 0.0707. The van der Waals surface area contributed by atoms with E-state index in [4.69, 9.17) is 31.3 Å². The van der Waals surface area contributed by atoms with Gasteiger partial charge in [0.2, 0.25) is 0 Å². The van der Waals surface area contributed by atoms with E-state index in [1.54, 1.807) is 36.4 Å². The van der Waals surface area contributed by atoms with Crippen molar-refractivity contribution in [3.8, 4) is 22.8 Å². The molecule has 2 aromatic carbocycles. The zero-order chi connectivity index (χ0) is 17.8. The van der Waals surface area contributed by atoms with Gasteiger partial charge in [0.05, 0.1) is 12.7 Å². The molecular formula is C18H15ClN2O4. The molecule has 0 spiro atoms. The lowest BCUT2D eigenvalue weighted by Crippen LogP contribution is -2.13. The highest BCUT2D eigenvalue weighted by molar-refractivity contribution is 6.30. The van der Waals surface area contributed by atoms with Crippen molar-refractivity contribution in [3.05, 3.63) is 64.9 Å². The largest absolute Gasteiger partial charge is 0.493 e. The van der Waals surface area contributed by atoms with Crippen LogP contribution in [0.4, 0.5) is 0 Å². The van der Waals surface area contributed by atoms with Gasteiger partial charge in [0, 0.05) is 16.7 Å². The monoisotopic (exact) mass is 358 g/mol. The van der Waals surface area contributed by atoms with Crippen LogP contribution in [0.3, 0.4) is 0 Å². The molecule has 1 amide bonds. The number of carbonyl (C=O) groups is 1. The van der Waals surface area contributed by atoms with E-state index >= 15 is 0 Å². The SMILES string of the molecule is COc1cccc(C(N)=O)c1OCc1cc(-c2ccc(Cl)cc2)no1. The summed E-state index contributed by atoms with van der Waals surface area (Å²) < 4.78 is 16.2. The van der Waals surface area contributed by atoms with E-state index in [1.807, 2.05) is 12.1 Å². The Morgan fingerprint density at radius 3 is 2.68 bits per heavy atom. The second-order valence-corrected chi connectivity index (χ2v) is 5.61. The number of para-hydroxylation sites is 1. The van der Waals surface area contributed by atoms with E-state index in [2.05, 4.69) is 5.16 Å². The first kappa shape index (κ1) is 16.9. The number of hydrogen-bond donors (Lipinski definition) is 1. The van der Waals surface area contributed by atoms with Gasteiger partial charge in [-0.3, -0.25) is 4.79 Å². The molecule has 3 rings (SSSR count). The van der Waals surface area contributed by atoms with E-state index in [9.17, 15) is 4.79 Å². The molecular weight excluding hydrogens is 344 g/mol. The lowest BCUT2D eigenvalue weighted by atomic mass is 10.1. The maximum absolute atomic E-state index is 11.6. The molecule has 0 saturated carbocycles. The lowest BCUT2D eigenvalue weighted by molar-refractivity contribution is 0.0994. The molecule has 1 aromatic heterocycles. The molecule has 0 aliphatic carbocycles. The lowest BCUT2D eigenvalue weighted by Gasteiger charge is -2.12. The molecule has 0 radical (unpaired) electrons. The van der Waals surface area contributed by atoms with E-state index < -0.39 is 5.91 Å². The summed E-state index contributed by atoms with van der Waals surface area (Å²) in [7, 11) is 1.49. The predicted octanol–water partition coefficient (Wildman–Crippen LogP) is 3.68. The highest BCUT2D eigenvalue weighted by atomic mass is 35.5. The molecule has 0 aliphatic rings. The maximum Gasteiger partial charge on any atom is 0.252 e. The number of hydrogen-bond acceptors (Lipinski definition) is 5. The molecule has 0 unspecified atom stereocenters. The van der Waals surface area contributed by atoms with E-state index in [1.165, 1.54) is 7.11 Å². The number of ether oxygens (including phenoxy) is 2. The number of nitrogens with zero attached hydrogens (tertiary/aromatic N) is 1. The number of rotatable bonds is 6. The van der Waals surface area contributed by atoms with Gasteiger partial charge in [-0.25, -0.2) is 0 Å². The summed E-state index contributed by atoms with van der Waals surface area (Å²) in [5.41, 5.74) is 7.14. The highest BCUT2D eigenvalue weighted by Gasteiger charge is 2.16. The van der Waals surface area contributed by atoms with Gasteiger partial charge in [0.15, 0.2) is 17.3 Å². The normalized spacial score (nSPS) is 10.5. The molecule has 128 valence electrons. The Morgan fingerprint density at radius 1 is 1.24 bits per heavy atom. The number of amides is 1. The summed E-state index contributed by atoms with van der Waals surface area (Å²) in [6.07, 6.45) is 0. The second kappa shape index (κ2) is 7.27. The topological polar surface area (TPSA) is 87.6 Å². The quantitative estimate of drug-likeness (QED) is 0.726. The Hall–Kier alpha value is -2.99. The first-order valence-electron chi connectivity index (χ1n) is 7.39. The Balaban J connectivity index is 1.79. The Bertz CT molecular complexity index is 890. The fraction of sp³-hybridized carbons (Fsp3) is 0.111. The van der Waals surface area contributed by atoms with Crippen LogP contribution in [0.25, 0.3) is 11.3 Å². The van der Waals surface area contributed by atoms with Gasteiger partial charge in [-0.1, -0.05) is 35.0 Å². The number of halogens is 1. The fourth-order valence-corrected chi connectivity index (χ4v) is 2.43. The van der Waals surface area contributed by atoms with Crippen molar-refractivity contribution >= 4 is 17.5 Å². The van der Waals surface area contributed by atoms with Crippen LogP contribution in [-0.4, -0.2) is 18.2 Å². The number of aromatic nitrogens is 1. The van der Waals surface area contributed by atoms with Gasteiger partial charge >= 0.3 is 0 Å². The number of benzene rings is 2. The van der Waals surface area contributed by atoms with Gasteiger partial charge in [0.1, 0.15) is 12.3 Å². The van der Waals surface area contributed by atoms with E-state index in [0.29, 0.717) is 22.2 Å². The first-order chi connectivity index (χ1) is 12.1. The minimum absolute atomic E-state index is 0.0707. The zero-order valence-corrected chi connectivity index (χ0v) is 14.1. The highest BCUT2D eigenvalue weighted by Crippen LogP contribution is 2.32. The molecule has 25 heavy (non-hydrogen) atoms. The van der Waals surface area contributed by atoms with Crippen molar-refractivity contribution < 1.29 is 18.8 Å².